The van der Waals surface area contributed by atoms with E-state index in [2.05, 4.69) is 4.74 Å². The third-order valence-electron chi connectivity index (χ3n) is 2.43. The maximum atomic E-state index is 13.3. The van der Waals surface area contributed by atoms with Gasteiger partial charge in [0.05, 0.1) is 7.11 Å². The number of methoxy groups -OCH3 is 1. The van der Waals surface area contributed by atoms with E-state index < -0.39 is 23.4 Å². The average Bonchev–Trinajstić information content (AvgIpc) is 2.29. The molecule has 0 bridgehead atoms. The van der Waals surface area contributed by atoms with E-state index in [-0.39, 0.29) is 24.3 Å². The van der Waals surface area contributed by atoms with Crippen molar-refractivity contribution in [3.05, 3.63) is 35.1 Å². The SMILES string of the molecule is COC(=O)CC(C)Cc1c(F)ccc(F)c1F. The molecular weight excluding hydrogens is 233 g/mol. The monoisotopic (exact) mass is 246 g/mol. The molecule has 94 valence electrons. The summed E-state index contributed by atoms with van der Waals surface area (Å²) in [5, 5.41) is 0. The smallest absolute Gasteiger partial charge is 0.305 e. The van der Waals surface area contributed by atoms with Crippen LogP contribution in [-0.4, -0.2) is 13.1 Å². The minimum absolute atomic E-state index is 0.0336. The lowest BCUT2D eigenvalue weighted by molar-refractivity contribution is -0.141. The molecule has 0 aliphatic heterocycles. The van der Waals surface area contributed by atoms with Crippen LogP contribution in [0, 0.1) is 23.4 Å². The van der Waals surface area contributed by atoms with Crippen molar-refractivity contribution in [2.75, 3.05) is 7.11 Å². The van der Waals surface area contributed by atoms with Gasteiger partial charge in [0.25, 0.3) is 0 Å². The first kappa shape index (κ1) is 13.5. The van der Waals surface area contributed by atoms with Gasteiger partial charge in [0.1, 0.15) is 5.82 Å². The highest BCUT2D eigenvalue weighted by Crippen LogP contribution is 2.20. The van der Waals surface area contributed by atoms with Crippen LogP contribution in [0.4, 0.5) is 13.2 Å². The van der Waals surface area contributed by atoms with Gasteiger partial charge in [-0.05, 0) is 24.5 Å². The normalized spacial score (nSPS) is 12.3. The highest BCUT2D eigenvalue weighted by molar-refractivity contribution is 5.69. The molecule has 1 rings (SSSR count). The van der Waals surface area contributed by atoms with Crippen LogP contribution in [0.15, 0.2) is 12.1 Å². The Balaban J connectivity index is 2.81. The van der Waals surface area contributed by atoms with Crippen LogP contribution in [-0.2, 0) is 16.0 Å². The van der Waals surface area contributed by atoms with Gasteiger partial charge in [-0.2, -0.15) is 0 Å². The third kappa shape index (κ3) is 3.47. The van der Waals surface area contributed by atoms with Crippen LogP contribution in [0.2, 0.25) is 0 Å². The summed E-state index contributed by atoms with van der Waals surface area (Å²) in [5.74, 6) is -3.88. The first-order valence-electron chi connectivity index (χ1n) is 5.15. The fraction of sp³-hybridized carbons (Fsp3) is 0.417. The summed E-state index contributed by atoms with van der Waals surface area (Å²) >= 11 is 0. The van der Waals surface area contributed by atoms with Crippen molar-refractivity contribution in [3.8, 4) is 0 Å². The molecule has 0 aromatic heterocycles. The fourth-order valence-electron chi connectivity index (χ4n) is 1.54. The largest absolute Gasteiger partial charge is 0.469 e. The summed E-state index contributed by atoms with van der Waals surface area (Å²) in [6.07, 6.45) is -0.0174. The molecule has 17 heavy (non-hydrogen) atoms. The van der Waals surface area contributed by atoms with E-state index in [1.165, 1.54) is 7.11 Å². The van der Waals surface area contributed by atoms with Gasteiger partial charge in [0.15, 0.2) is 11.6 Å². The van der Waals surface area contributed by atoms with Gasteiger partial charge < -0.3 is 4.74 Å². The Morgan fingerprint density at radius 1 is 1.29 bits per heavy atom. The molecule has 0 saturated carbocycles. The molecular formula is C12H13F3O2. The molecule has 1 unspecified atom stereocenters. The number of hydrogen-bond acceptors (Lipinski definition) is 2. The molecule has 0 saturated heterocycles. The number of halogens is 3. The lowest BCUT2D eigenvalue weighted by atomic mass is 9.97. The Hall–Kier alpha value is -1.52. The Morgan fingerprint density at radius 3 is 2.47 bits per heavy atom. The molecule has 0 aliphatic rings. The van der Waals surface area contributed by atoms with E-state index in [9.17, 15) is 18.0 Å². The molecule has 1 aromatic carbocycles. The maximum Gasteiger partial charge on any atom is 0.305 e. The number of ether oxygens (including phenoxy) is 1. The molecule has 0 N–H and O–H groups in total. The molecule has 0 fully saturated rings. The lowest BCUT2D eigenvalue weighted by Crippen LogP contribution is -2.11. The van der Waals surface area contributed by atoms with Crippen molar-refractivity contribution in [1.82, 2.24) is 0 Å². The predicted molar refractivity (Wildman–Crippen MR) is 55.8 cm³/mol. The number of esters is 1. The zero-order valence-corrected chi connectivity index (χ0v) is 9.60. The number of hydrogen-bond donors (Lipinski definition) is 0. The Labute approximate surface area is 97.4 Å². The van der Waals surface area contributed by atoms with Crippen molar-refractivity contribution < 1.29 is 22.7 Å². The summed E-state index contributed by atoms with van der Waals surface area (Å²) in [5.41, 5.74) is -0.332. The maximum absolute atomic E-state index is 13.3. The summed E-state index contributed by atoms with van der Waals surface area (Å²) in [6, 6.07) is 1.61. The first-order valence-corrected chi connectivity index (χ1v) is 5.15. The van der Waals surface area contributed by atoms with Crippen LogP contribution in [0.25, 0.3) is 0 Å². The van der Waals surface area contributed by atoms with E-state index in [0.717, 1.165) is 12.1 Å². The van der Waals surface area contributed by atoms with Crippen molar-refractivity contribution >= 4 is 5.97 Å². The summed E-state index contributed by atoms with van der Waals surface area (Å²) in [7, 11) is 1.23. The third-order valence-corrected chi connectivity index (χ3v) is 2.43. The van der Waals surface area contributed by atoms with E-state index in [0.29, 0.717) is 0 Å². The van der Waals surface area contributed by atoms with Gasteiger partial charge in [-0.1, -0.05) is 6.92 Å². The Bertz CT molecular complexity index is 418. The van der Waals surface area contributed by atoms with E-state index >= 15 is 0 Å². The highest BCUT2D eigenvalue weighted by atomic mass is 19.2. The van der Waals surface area contributed by atoms with Crippen LogP contribution >= 0.6 is 0 Å². The topological polar surface area (TPSA) is 26.3 Å². The van der Waals surface area contributed by atoms with Gasteiger partial charge >= 0.3 is 5.97 Å². The highest BCUT2D eigenvalue weighted by Gasteiger charge is 2.18. The summed E-state index contributed by atoms with van der Waals surface area (Å²) < 4.78 is 43.9. The first-order chi connectivity index (χ1) is 7.95. The minimum Gasteiger partial charge on any atom is -0.469 e. The van der Waals surface area contributed by atoms with Gasteiger partial charge in [-0.3, -0.25) is 4.79 Å². The summed E-state index contributed by atoms with van der Waals surface area (Å²) in [4.78, 5) is 11.0. The zero-order chi connectivity index (χ0) is 13.0. The zero-order valence-electron chi connectivity index (χ0n) is 9.60. The molecule has 2 nitrogen and oxygen atoms in total. The van der Waals surface area contributed by atoms with E-state index in [4.69, 9.17) is 0 Å². The molecule has 1 atom stereocenters. The Morgan fingerprint density at radius 2 is 1.88 bits per heavy atom. The molecule has 0 radical (unpaired) electrons. The molecule has 0 amide bonds. The fourth-order valence-corrected chi connectivity index (χ4v) is 1.54. The van der Waals surface area contributed by atoms with Gasteiger partial charge in [-0.25, -0.2) is 13.2 Å². The Kier molecular flexibility index (Phi) is 4.54. The number of benzene rings is 1. The van der Waals surface area contributed by atoms with Crippen molar-refractivity contribution in [2.24, 2.45) is 5.92 Å². The van der Waals surface area contributed by atoms with Gasteiger partial charge in [0, 0.05) is 12.0 Å². The van der Waals surface area contributed by atoms with E-state index in [1.807, 2.05) is 0 Å². The molecule has 0 aliphatic carbocycles. The standard InChI is InChI=1S/C12H13F3O2/c1-7(6-11(16)17-2)5-8-9(13)3-4-10(14)12(8)15/h3-4,7H,5-6H2,1-2H3. The molecule has 1 aromatic rings. The van der Waals surface area contributed by atoms with E-state index in [1.54, 1.807) is 6.92 Å². The minimum atomic E-state index is -1.19. The quantitative estimate of drug-likeness (QED) is 0.603. The second-order valence-electron chi connectivity index (χ2n) is 3.91. The van der Waals surface area contributed by atoms with Crippen LogP contribution < -0.4 is 0 Å². The number of carbonyl (C=O) groups excluding carboxylic acids is 1. The van der Waals surface area contributed by atoms with Crippen molar-refractivity contribution in [3.63, 3.8) is 0 Å². The van der Waals surface area contributed by atoms with Gasteiger partial charge in [-0.15, -0.1) is 0 Å². The summed E-state index contributed by atoms with van der Waals surface area (Å²) in [6.45, 7) is 1.64. The van der Waals surface area contributed by atoms with Crippen molar-refractivity contribution in [2.45, 2.75) is 19.8 Å². The van der Waals surface area contributed by atoms with Gasteiger partial charge in [0.2, 0.25) is 0 Å². The second-order valence-corrected chi connectivity index (χ2v) is 3.91. The molecule has 0 spiro atoms. The van der Waals surface area contributed by atoms with Crippen molar-refractivity contribution in [1.29, 1.82) is 0 Å². The average molecular weight is 246 g/mol. The molecule has 5 heteroatoms. The molecule has 0 heterocycles. The van der Waals surface area contributed by atoms with Crippen LogP contribution in [0.1, 0.15) is 18.9 Å². The lowest BCUT2D eigenvalue weighted by Gasteiger charge is -2.11. The second kappa shape index (κ2) is 5.70. The van der Waals surface area contributed by atoms with Crippen LogP contribution in [0.5, 0.6) is 0 Å². The predicted octanol–water partition coefficient (Wildman–Crippen LogP) is 2.85. The van der Waals surface area contributed by atoms with Crippen LogP contribution in [0.3, 0.4) is 0 Å². The number of carbonyl (C=O) groups is 1. The number of rotatable bonds is 4.